The summed E-state index contributed by atoms with van der Waals surface area (Å²) in [6, 6.07) is 53.0. The Labute approximate surface area is 263 Å². The van der Waals surface area contributed by atoms with Crippen LogP contribution >= 0.6 is 0 Å². The largest absolute Gasteiger partial charge is 0.456 e. The summed E-state index contributed by atoms with van der Waals surface area (Å²) in [4.78, 5) is 10.6. The van der Waals surface area contributed by atoms with E-state index in [9.17, 15) is 0 Å². The molecule has 0 aliphatic carbocycles. The lowest BCUT2D eigenvalue weighted by Crippen LogP contribution is -2.04. The minimum Gasteiger partial charge on any atom is -0.456 e. The molecule has 214 valence electrons. The molecule has 0 atom stereocenters. The van der Waals surface area contributed by atoms with Gasteiger partial charge < -0.3 is 4.42 Å². The van der Waals surface area contributed by atoms with Crippen LogP contribution in [0, 0.1) is 0 Å². The van der Waals surface area contributed by atoms with Crippen LogP contribution in [0.15, 0.2) is 156 Å². The highest BCUT2D eigenvalue weighted by Crippen LogP contribution is 2.43. The first-order valence-electron chi connectivity index (χ1n) is 15.5. The topological polar surface area (TPSA) is 43.9 Å². The van der Waals surface area contributed by atoms with Gasteiger partial charge in [0.05, 0.1) is 22.1 Å². The molecule has 0 saturated heterocycles. The lowest BCUT2D eigenvalue weighted by molar-refractivity contribution is 0.669. The Morgan fingerprint density at radius 3 is 2.09 bits per heavy atom. The summed E-state index contributed by atoms with van der Waals surface area (Å²) in [5.74, 6) is 0.808. The molecular weight excluding hydrogens is 562 g/mol. The van der Waals surface area contributed by atoms with Crippen LogP contribution in [-0.2, 0) is 0 Å². The summed E-state index contributed by atoms with van der Waals surface area (Å²) in [6.45, 7) is 0. The molecule has 10 aromatic rings. The van der Waals surface area contributed by atoms with Crippen molar-refractivity contribution in [3.8, 4) is 28.2 Å². The molecule has 0 N–H and O–H groups in total. The second kappa shape index (κ2) is 9.62. The van der Waals surface area contributed by atoms with Gasteiger partial charge in [-0.05, 0) is 52.7 Å². The third kappa shape index (κ3) is 3.61. The summed E-state index contributed by atoms with van der Waals surface area (Å²) in [5, 5.41) is 7.03. The summed E-state index contributed by atoms with van der Waals surface area (Å²) in [5.41, 5.74) is 9.81. The van der Waals surface area contributed by atoms with Gasteiger partial charge in [-0.3, -0.25) is 4.57 Å². The highest BCUT2D eigenvalue weighted by Gasteiger charge is 2.23. The quantitative estimate of drug-likeness (QED) is 0.207. The molecule has 0 bridgehead atoms. The molecule has 0 aliphatic heterocycles. The van der Waals surface area contributed by atoms with Crippen molar-refractivity contribution in [2.75, 3.05) is 0 Å². The van der Waals surface area contributed by atoms with E-state index in [2.05, 4.69) is 114 Å². The monoisotopic (exact) mass is 587 g/mol. The maximum atomic E-state index is 6.20. The van der Waals surface area contributed by atoms with Crippen LogP contribution in [0.5, 0.6) is 0 Å². The van der Waals surface area contributed by atoms with Crippen molar-refractivity contribution in [3.63, 3.8) is 0 Å². The zero-order valence-corrected chi connectivity index (χ0v) is 24.7. The summed E-state index contributed by atoms with van der Waals surface area (Å²) >= 11 is 0. The van der Waals surface area contributed by atoms with Gasteiger partial charge in [0.15, 0.2) is 5.82 Å². The average Bonchev–Trinajstić information content (AvgIpc) is 3.67. The van der Waals surface area contributed by atoms with Crippen LogP contribution in [0.3, 0.4) is 0 Å². The van der Waals surface area contributed by atoms with Crippen molar-refractivity contribution in [3.05, 3.63) is 152 Å². The Balaban J connectivity index is 1.39. The van der Waals surface area contributed by atoms with Crippen LogP contribution in [0.25, 0.3) is 93.8 Å². The Kier molecular flexibility index (Phi) is 5.25. The van der Waals surface area contributed by atoms with Gasteiger partial charge in [-0.25, -0.2) is 9.97 Å². The SMILES string of the molecule is c1ccc(-c2nc3ccccc3nc2-n2c3ccc4ccccc4c3c3cccc(-c4ccc5oc6ccccc6c5c4)c32)cc1. The van der Waals surface area contributed by atoms with E-state index in [1.54, 1.807) is 0 Å². The van der Waals surface area contributed by atoms with E-state index in [0.717, 1.165) is 72.2 Å². The minimum absolute atomic E-state index is 0.808. The molecule has 0 radical (unpaired) electrons. The van der Waals surface area contributed by atoms with Crippen LogP contribution < -0.4 is 0 Å². The van der Waals surface area contributed by atoms with E-state index in [1.165, 1.54) is 21.5 Å². The van der Waals surface area contributed by atoms with Gasteiger partial charge in [-0.1, -0.05) is 115 Å². The molecule has 4 nitrogen and oxygen atoms in total. The lowest BCUT2D eigenvalue weighted by atomic mass is 9.98. The zero-order chi connectivity index (χ0) is 30.2. The minimum atomic E-state index is 0.808. The summed E-state index contributed by atoms with van der Waals surface area (Å²) in [7, 11) is 0. The van der Waals surface area contributed by atoms with E-state index < -0.39 is 0 Å². The summed E-state index contributed by atoms with van der Waals surface area (Å²) in [6.07, 6.45) is 0. The van der Waals surface area contributed by atoms with Crippen molar-refractivity contribution < 1.29 is 4.42 Å². The molecule has 46 heavy (non-hydrogen) atoms. The standard InChI is InChI=1S/C42H25N3O/c1-2-12-27(13-3-1)40-42(44-35-19-8-7-18-34(35)43-40)45-36-23-21-26-11-4-5-14-29(26)39(36)32-17-10-16-30(41(32)45)28-22-24-38-33(25-28)31-15-6-9-20-37(31)46-38/h1-25H. The maximum Gasteiger partial charge on any atom is 0.165 e. The fourth-order valence-corrected chi connectivity index (χ4v) is 7.12. The molecule has 0 aliphatic rings. The van der Waals surface area contributed by atoms with E-state index in [4.69, 9.17) is 14.4 Å². The van der Waals surface area contributed by atoms with Gasteiger partial charge in [0, 0.05) is 32.7 Å². The first-order valence-corrected chi connectivity index (χ1v) is 15.5. The number of fused-ring (bicyclic) bond motifs is 9. The van der Waals surface area contributed by atoms with E-state index in [-0.39, 0.29) is 0 Å². The number of furan rings is 1. The molecule has 3 aromatic heterocycles. The first kappa shape index (κ1) is 25.1. The van der Waals surface area contributed by atoms with Crippen LogP contribution in [0.2, 0.25) is 0 Å². The molecule has 0 fully saturated rings. The Morgan fingerprint density at radius 1 is 0.478 bits per heavy atom. The first-order chi connectivity index (χ1) is 22.8. The molecule has 4 heteroatoms. The normalized spacial score (nSPS) is 11.9. The Morgan fingerprint density at radius 2 is 1.20 bits per heavy atom. The van der Waals surface area contributed by atoms with E-state index in [1.807, 2.05) is 42.5 Å². The van der Waals surface area contributed by atoms with Crippen molar-refractivity contribution >= 4 is 65.6 Å². The number of aromatic nitrogens is 3. The second-order valence-electron chi connectivity index (χ2n) is 11.8. The van der Waals surface area contributed by atoms with Crippen LogP contribution in [0.4, 0.5) is 0 Å². The predicted octanol–water partition coefficient (Wildman–Crippen LogP) is 11.1. The maximum absolute atomic E-state index is 6.20. The van der Waals surface area contributed by atoms with Gasteiger partial charge in [-0.15, -0.1) is 0 Å². The molecule has 0 spiro atoms. The molecule has 0 unspecified atom stereocenters. The number of nitrogens with zero attached hydrogens (tertiary/aromatic N) is 3. The van der Waals surface area contributed by atoms with Gasteiger partial charge >= 0.3 is 0 Å². The number of hydrogen-bond acceptors (Lipinski definition) is 3. The van der Waals surface area contributed by atoms with Gasteiger partial charge in [0.1, 0.15) is 16.9 Å². The molecule has 0 saturated carbocycles. The van der Waals surface area contributed by atoms with Crippen molar-refractivity contribution in [1.82, 2.24) is 14.5 Å². The average molecular weight is 588 g/mol. The van der Waals surface area contributed by atoms with E-state index in [0.29, 0.717) is 0 Å². The van der Waals surface area contributed by atoms with Gasteiger partial charge in [0.25, 0.3) is 0 Å². The van der Waals surface area contributed by atoms with Crippen LogP contribution in [0.1, 0.15) is 0 Å². The number of para-hydroxylation sites is 4. The third-order valence-corrected chi connectivity index (χ3v) is 9.18. The summed E-state index contributed by atoms with van der Waals surface area (Å²) < 4.78 is 8.54. The van der Waals surface area contributed by atoms with Crippen LogP contribution in [-0.4, -0.2) is 14.5 Å². The Hall–Kier alpha value is -6.26. The molecular formula is C42H25N3O. The number of hydrogen-bond donors (Lipinski definition) is 0. The van der Waals surface area contributed by atoms with Crippen molar-refractivity contribution in [2.24, 2.45) is 0 Å². The van der Waals surface area contributed by atoms with Crippen molar-refractivity contribution in [2.45, 2.75) is 0 Å². The lowest BCUT2D eigenvalue weighted by Gasteiger charge is -2.15. The van der Waals surface area contributed by atoms with E-state index >= 15 is 0 Å². The number of rotatable bonds is 3. The number of benzene rings is 7. The zero-order valence-electron chi connectivity index (χ0n) is 24.7. The molecule has 3 heterocycles. The fourth-order valence-electron chi connectivity index (χ4n) is 7.12. The van der Waals surface area contributed by atoms with Gasteiger partial charge in [0.2, 0.25) is 0 Å². The smallest absolute Gasteiger partial charge is 0.165 e. The third-order valence-electron chi connectivity index (χ3n) is 9.18. The molecule has 10 rings (SSSR count). The highest BCUT2D eigenvalue weighted by molar-refractivity contribution is 6.24. The highest BCUT2D eigenvalue weighted by atomic mass is 16.3. The Bertz CT molecular complexity index is 2810. The second-order valence-corrected chi connectivity index (χ2v) is 11.8. The van der Waals surface area contributed by atoms with Crippen molar-refractivity contribution in [1.29, 1.82) is 0 Å². The molecule has 7 aromatic carbocycles. The van der Waals surface area contributed by atoms with Gasteiger partial charge in [-0.2, -0.15) is 0 Å². The molecule has 0 amide bonds. The predicted molar refractivity (Wildman–Crippen MR) is 190 cm³/mol. The fraction of sp³-hybridized carbons (Fsp3) is 0.